The zero-order valence-corrected chi connectivity index (χ0v) is 15.4. The van der Waals surface area contributed by atoms with Crippen molar-refractivity contribution in [2.75, 3.05) is 0 Å². The lowest BCUT2D eigenvalue weighted by Crippen LogP contribution is -2.13. The van der Waals surface area contributed by atoms with E-state index in [-0.39, 0.29) is 18.0 Å². The summed E-state index contributed by atoms with van der Waals surface area (Å²) in [5.41, 5.74) is 3.50. The van der Waals surface area contributed by atoms with Crippen LogP contribution in [0, 0.1) is 13.8 Å². The third-order valence-electron chi connectivity index (χ3n) is 4.06. The fourth-order valence-electron chi connectivity index (χ4n) is 2.44. The summed E-state index contributed by atoms with van der Waals surface area (Å²) in [6, 6.07) is 2.03. The average molecular weight is 343 g/mol. The first-order valence-corrected chi connectivity index (χ1v) is 8.64. The number of fused-ring (bicyclic) bond motifs is 1. The van der Waals surface area contributed by atoms with Crippen molar-refractivity contribution in [2.45, 2.75) is 46.6 Å². The Morgan fingerprint density at radius 2 is 2.00 bits per heavy atom. The van der Waals surface area contributed by atoms with Crippen molar-refractivity contribution in [3.63, 3.8) is 0 Å². The molecule has 0 unspecified atom stereocenters. The van der Waals surface area contributed by atoms with Crippen molar-refractivity contribution < 1.29 is 9.53 Å². The average Bonchev–Trinajstić information content (AvgIpc) is 3.05. The molecule has 0 amide bonds. The number of rotatable bonds is 3. The Hall–Kier alpha value is -2.21. The number of imidazole rings is 1. The van der Waals surface area contributed by atoms with Gasteiger partial charge < -0.3 is 4.74 Å². The number of carbonyl (C=O) groups is 1. The minimum Gasteiger partial charge on any atom is -0.456 e. The summed E-state index contributed by atoms with van der Waals surface area (Å²) in [5, 5.41) is 0. The van der Waals surface area contributed by atoms with E-state index < -0.39 is 0 Å². The topological polar surface area (TPSA) is 56.5 Å². The van der Waals surface area contributed by atoms with Crippen LogP contribution in [0.1, 0.15) is 53.0 Å². The first-order chi connectivity index (χ1) is 11.3. The predicted octanol–water partition coefficient (Wildman–Crippen LogP) is 4.06. The van der Waals surface area contributed by atoms with Gasteiger partial charge in [-0.2, -0.15) is 0 Å². The number of carbonyl (C=O) groups excluding carboxylic acids is 1. The van der Waals surface area contributed by atoms with Gasteiger partial charge in [0.2, 0.25) is 0 Å². The number of hydrogen-bond acceptors (Lipinski definition) is 5. The molecular formula is C18H21N3O2S. The van der Waals surface area contributed by atoms with Gasteiger partial charge in [-0.3, -0.25) is 9.38 Å². The van der Waals surface area contributed by atoms with E-state index in [0.717, 1.165) is 26.7 Å². The Morgan fingerprint density at radius 1 is 1.25 bits per heavy atom. The number of thiazole rings is 1. The van der Waals surface area contributed by atoms with Gasteiger partial charge >= 0.3 is 5.97 Å². The van der Waals surface area contributed by atoms with Gasteiger partial charge in [0.05, 0.1) is 6.20 Å². The number of hydrogen-bond donors (Lipinski definition) is 0. The van der Waals surface area contributed by atoms with Crippen LogP contribution in [0.3, 0.4) is 0 Å². The lowest BCUT2D eigenvalue weighted by Gasteiger charge is -2.19. The zero-order valence-electron chi connectivity index (χ0n) is 14.6. The van der Waals surface area contributed by atoms with Crippen molar-refractivity contribution in [1.82, 2.24) is 14.4 Å². The fourth-order valence-corrected chi connectivity index (χ4v) is 3.39. The van der Waals surface area contributed by atoms with E-state index in [2.05, 4.69) is 30.7 Å². The van der Waals surface area contributed by atoms with Crippen LogP contribution in [-0.4, -0.2) is 20.3 Å². The Labute approximate surface area is 145 Å². The van der Waals surface area contributed by atoms with Gasteiger partial charge in [-0.15, -0.1) is 11.3 Å². The van der Waals surface area contributed by atoms with E-state index in [1.807, 2.05) is 30.5 Å². The van der Waals surface area contributed by atoms with Gasteiger partial charge in [0.25, 0.3) is 0 Å². The smallest absolute Gasteiger partial charge is 0.357 e. The Bertz CT molecular complexity index is 903. The van der Waals surface area contributed by atoms with E-state index in [0.29, 0.717) is 5.69 Å². The fraction of sp³-hybridized carbons (Fsp3) is 0.389. The summed E-state index contributed by atoms with van der Waals surface area (Å²) >= 11 is 1.57. The lowest BCUT2D eigenvalue weighted by molar-refractivity contribution is 0.0464. The van der Waals surface area contributed by atoms with E-state index in [1.165, 1.54) is 0 Å². The van der Waals surface area contributed by atoms with Gasteiger partial charge in [-0.1, -0.05) is 20.8 Å². The van der Waals surface area contributed by atoms with Crippen molar-refractivity contribution in [3.8, 4) is 0 Å². The summed E-state index contributed by atoms with van der Waals surface area (Å²) in [6.07, 6.45) is 5.16. The number of esters is 1. The summed E-state index contributed by atoms with van der Waals surface area (Å²) in [5.74, 6) is -0.371. The number of ether oxygens (including phenoxy) is 1. The summed E-state index contributed by atoms with van der Waals surface area (Å²) < 4.78 is 7.33. The molecule has 0 bridgehead atoms. The highest BCUT2D eigenvalue weighted by Gasteiger charge is 2.19. The van der Waals surface area contributed by atoms with Crippen LogP contribution in [0.2, 0.25) is 0 Å². The highest BCUT2D eigenvalue weighted by atomic mass is 32.1. The van der Waals surface area contributed by atoms with E-state index >= 15 is 0 Å². The SMILES string of the molecule is Cc1sc2ncc(C(=O)OCc3cncc(C(C)(C)C)c3)n2c1C. The maximum absolute atomic E-state index is 12.4. The van der Waals surface area contributed by atoms with Crippen molar-refractivity contribution in [3.05, 3.63) is 52.0 Å². The van der Waals surface area contributed by atoms with E-state index in [1.54, 1.807) is 23.7 Å². The first kappa shape index (κ1) is 16.6. The Morgan fingerprint density at radius 3 is 2.71 bits per heavy atom. The molecule has 0 aliphatic rings. The second-order valence-corrected chi connectivity index (χ2v) is 8.09. The van der Waals surface area contributed by atoms with E-state index in [9.17, 15) is 4.79 Å². The molecule has 24 heavy (non-hydrogen) atoms. The van der Waals surface area contributed by atoms with Crippen molar-refractivity contribution >= 4 is 22.3 Å². The van der Waals surface area contributed by atoms with Crippen LogP contribution in [0.25, 0.3) is 4.96 Å². The van der Waals surface area contributed by atoms with Crippen LogP contribution in [0.15, 0.2) is 24.7 Å². The molecule has 3 aromatic rings. The minimum atomic E-state index is -0.371. The standard InChI is InChI=1S/C18H21N3O2S/c1-11-12(2)24-17-20-9-15(21(11)17)16(22)23-10-13-6-14(8-19-7-13)18(3,4)5/h6-9H,10H2,1-5H3. The summed E-state index contributed by atoms with van der Waals surface area (Å²) in [4.78, 5) is 22.9. The van der Waals surface area contributed by atoms with Crippen molar-refractivity contribution in [2.24, 2.45) is 0 Å². The summed E-state index contributed by atoms with van der Waals surface area (Å²) in [6.45, 7) is 10.6. The lowest BCUT2D eigenvalue weighted by atomic mass is 9.88. The van der Waals surface area contributed by atoms with Gasteiger partial charge in [-0.25, -0.2) is 9.78 Å². The maximum Gasteiger partial charge on any atom is 0.357 e. The number of aryl methyl sites for hydroxylation is 2. The second-order valence-electron chi connectivity index (χ2n) is 6.91. The van der Waals surface area contributed by atoms with Crippen LogP contribution < -0.4 is 0 Å². The normalized spacial score (nSPS) is 11.9. The Kier molecular flexibility index (Phi) is 4.17. The molecule has 0 saturated heterocycles. The molecular weight excluding hydrogens is 322 g/mol. The number of pyridine rings is 1. The molecule has 0 fully saturated rings. The van der Waals surface area contributed by atoms with Crippen LogP contribution in [0.4, 0.5) is 0 Å². The quantitative estimate of drug-likeness (QED) is 0.673. The van der Waals surface area contributed by atoms with Gasteiger partial charge in [0, 0.05) is 28.5 Å². The molecule has 0 spiro atoms. The van der Waals surface area contributed by atoms with Crippen molar-refractivity contribution in [1.29, 1.82) is 0 Å². The maximum atomic E-state index is 12.4. The molecule has 6 heteroatoms. The summed E-state index contributed by atoms with van der Waals surface area (Å²) in [7, 11) is 0. The molecule has 3 heterocycles. The predicted molar refractivity (Wildman–Crippen MR) is 94.6 cm³/mol. The molecule has 5 nitrogen and oxygen atoms in total. The molecule has 3 aromatic heterocycles. The van der Waals surface area contributed by atoms with Crippen LogP contribution in [-0.2, 0) is 16.8 Å². The molecule has 0 aliphatic heterocycles. The van der Waals surface area contributed by atoms with Crippen LogP contribution in [0.5, 0.6) is 0 Å². The van der Waals surface area contributed by atoms with E-state index in [4.69, 9.17) is 4.74 Å². The largest absolute Gasteiger partial charge is 0.456 e. The molecule has 3 rings (SSSR count). The molecule has 0 aliphatic carbocycles. The third kappa shape index (κ3) is 3.06. The minimum absolute atomic E-state index is 0.00987. The molecule has 0 aromatic carbocycles. The highest BCUT2D eigenvalue weighted by Crippen LogP contribution is 2.24. The van der Waals surface area contributed by atoms with Gasteiger partial charge in [-0.05, 0) is 30.9 Å². The molecule has 126 valence electrons. The molecule has 0 atom stereocenters. The molecule has 0 saturated carbocycles. The highest BCUT2D eigenvalue weighted by molar-refractivity contribution is 7.17. The second kappa shape index (κ2) is 6.02. The van der Waals surface area contributed by atoms with Gasteiger partial charge in [0.15, 0.2) is 10.7 Å². The zero-order chi connectivity index (χ0) is 17.5. The third-order valence-corrected chi connectivity index (χ3v) is 5.13. The monoisotopic (exact) mass is 343 g/mol. The number of aromatic nitrogens is 3. The first-order valence-electron chi connectivity index (χ1n) is 7.82. The molecule has 0 N–H and O–H groups in total. The van der Waals surface area contributed by atoms with Crippen LogP contribution >= 0.6 is 11.3 Å². The molecule has 0 radical (unpaired) electrons. The number of nitrogens with zero attached hydrogens (tertiary/aromatic N) is 3. The van der Waals surface area contributed by atoms with Gasteiger partial charge in [0.1, 0.15) is 6.61 Å². The Balaban J connectivity index is 1.78.